The number of hydrogen-bond acceptors (Lipinski definition) is 5. The number of phenols is 1. The zero-order valence-corrected chi connectivity index (χ0v) is 14.8. The van der Waals surface area contributed by atoms with E-state index in [4.69, 9.17) is 15.8 Å². The summed E-state index contributed by atoms with van der Waals surface area (Å²) in [5.74, 6) is -3.31. The molecule has 0 heterocycles. The first-order chi connectivity index (χ1) is 12.3. The summed E-state index contributed by atoms with van der Waals surface area (Å²) < 4.78 is 13.3. The molecule has 0 bridgehead atoms. The van der Waals surface area contributed by atoms with E-state index < -0.39 is 30.6 Å². The zero-order chi connectivity index (χ0) is 19.3. The van der Waals surface area contributed by atoms with E-state index in [1.807, 2.05) is 0 Å². The number of phenolic OH excluding ortho intramolecular Hbond substituents is 1. The fourth-order valence-electron chi connectivity index (χ4n) is 3.86. The molecule has 2 aliphatic rings. The van der Waals surface area contributed by atoms with Crippen molar-refractivity contribution in [1.29, 1.82) is 0 Å². The molecule has 8 heteroatoms. The first kappa shape index (κ1) is 20.7. The minimum absolute atomic E-state index is 0.179. The van der Waals surface area contributed by atoms with Gasteiger partial charge in [-0.2, -0.15) is 0 Å². The maximum absolute atomic E-state index is 13.3. The molecule has 144 valence electrons. The molecule has 0 amide bonds. The molecule has 1 fully saturated rings. The van der Waals surface area contributed by atoms with Gasteiger partial charge in [-0.1, -0.05) is 19.3 Å². The summed E-state index contributed by atoms with van der Waals surface area (Å²) >= 11 is 0. The van der Waals surface area contributed by atoms with Crippen molar-refractivity contribution in [2.75, 3.05) is 0 Å². The topological polar surface area (TPSA) is 124 Å². The molecule has 0 spiro atoms. The van der Waals surface area contributed by atoms with Gasteiger partial charge in [0.05, 0.1) is 5.92 Å². The van der Waals surface area contributed by atoms with Crippen molar-refractivity contribution in [3.05, 3.63) is 29.1 Å². The molecule has 0 aromatic heterocycles. The lowest BCUT2D eigenvalue weighted by Gasteiger charge is -2.16. The van der Waals surface area contributed by atoms with Crippen molar-refractivity contribution in [3.63, 3.8) is 0 Å². The van der Waals surface area contributed by atoms with Gasteiger partial charge in [-0.05, 0) is 61.2 Å². The third kappa shape index (κ3) is 5.43. The summed E-state index contributed by atoms with van der Waals surface area (Å²) in [5.41, 5.74) is 6.58. The predicted octanol–water partition coefficient (Wildman–Crippen LogP) is 2.01. The van der Waals surface area contributed by atoms with Crippen LogP contribution in [0.3, 0.4) is 0 Å². The first-order valence-electron chi connectivity index (χ1n) is 9.15. The van der Waals surface area contributed by atoms with E-state index >= 15 is 0 Å². The van der Waals surface area contributed by atoms with Crippen LogP contribution < -0.4 is 5.73 Å². The Labute approximate surface area is 153 Å². The fourth-order valence-corrected chi connectivity index (χ4v) is 3.86. The van der Waals surface area contributed by atoms with Crippen molar-refractivity contribution >= 4 is 13.1 Å². The van der Waals surface area contributed by atoms with Gasteiger partial charge in [0, 0.05) is 6.04 Å². The van der Waals surface area contributed by atoms with Gasteiger partial charge < -0.3 is 26.0 Å². The molecule has 26 heavy (non-hydrogen) atoms. The number of carbonyl (C=O) groups is 1. The number of fused-ring (bicyclic) bond motifs is 1. The lowest BCUT2D eigenvalue weighted by molar-refractivity contribution is -0.139. The van der Waals surface area contributed by atoms with E-state index in [-0.39, 0.29) is 12.2 Å². The number of benzene rings is 1. The Balaban J connectivity index is 0.000000342. The summed E-state index contributed by atoms with van der Waals surface area (Å²) in [6, 6.07) is 2.91. The van der Waals surface area contributed by atoms with Crippen molar-refractivity contribution in [2.45, 2.75) is 63.2 Å². The van der Waals surface area contributed by atoms with Crippen LogP contribution in [0.2, 0.25) is 6.32 Å². The molecule has 2 unspecified atom stereocenters. The van der Waals surface area contributed by atoms with E-state index in [0.29, 0.717) is 36.4 Å². The lowest BCUT2D eigenvalue weighted by Crippen LogP contribution is -2.18. The number of rotatable bonds is 5. The SMILES string of the molecule is NC1CCCC1.O=C(O)C1c2cc(O)c(F)cc2CC1CCCB(O)O. The predicted molar refractivity (Wildman–Crippen MR) is 96.3 cm³/mol. The Bertz CT molecular complexity index is 622. The first-order valence-corrected chi connectivity index (χ1v) is 9.15. The van der Waals surface area contributed by atoms with Gasteiger partial charge in [-0.25, -0.2) is 4.39 Å². The molecule has 2 atom stereocenters. The highest BCUT2D eigenvalue weighted by Crippen LogP contribution is 2.42. The Morgan fingerprint density at radius 1 is 1.27 bits per heavy atom. The third-order valence-corrected chi connectivity index (χ3v) is 5.20. The Morgan fingerprint density at radius 2 is 1.92 bits per heavy atom. The minimum Gasteiger partial charge on any atom is -0.505 e. The van der Waals surface area contributed by atoms with Crippen LogP contribution in [0.25, 0.3) is 0 Å². The van der Waals surface area contributed by atoms with Crippen molar-refractivity contribution < 1.29 is 29.4 Å². The maximum Gasteiger partial charge on any atom is 0.451 e. The second-order valence-corrected chi connectivity index (χ2v) is 7.24. The average Bonchev–Trinajstić information content (AvgIpc) is 3.15. The quantitative estimate of drug-likeness (QED) is 0.507. The summed E-state index contributed by atoms with van der Waals surface area (Å²) in [6.45, 7) is 0. The van der Waals surface area contributed by atoms with Crippen LogP contribution in [0.15, 0.2) is 12.1 Å². The summed E-state index contributed by atoms with van der Waals surface area (Å²) in [5, 5.41) is 36.3. The standard InChI is InChI=1S/C13H16BFO5.C5H11N/c15-10-5-8-4-7(2-1-3-14(19)20)12(13(17)18)9(8)6-11(10)16;6-5-3-1-2-4-5/h5-7,12,16,19-20H,1-4H2,(H,17,18);5H,1-4,6H2. The van der Waals surface area contributed by atoms with Crippen LogP contribution in [0, 0.1) is 11.7 Å². The van der Waals surface area contributed by atoms with Crippen LogP contribution in [-0.4, -0.2) is 39.4 Å². The highest BCUT2D eigenvalue weighted by Gasteiger charge is 2.38. The Morgan fingerprint density at radius 3 is 2.42 bits per heavy atom. The molecule has 0 radical (unpaired) electrons. The van der Waals surface area contributed by atoms with Gasteiger partial charge in [0.2, 0.25) is 0 Å². The van der Waals surface area contributed by atoms with Gasteiger partial charge in [0.25, 0.3) is 0 Å². The van der Waals surface area contributed by atoms with Crippen LogP contribution in [-0.2, 0) is 11.2 Å². The average molecular weight is 367 g/mol. The monoisotopic (exact) mass is 367 g/mol. The Hall–Kier alpha value is -1.64. The summed E-state index contributed by atoms with van der Waals surface area (Å²) in [4.78, 5) is 11.4. The van der Waals surface area contributed by atoms with Crippen molar-refractivity contribution in [1.82, 2.24) is 0 Å². The minimum atomic E-state index is -1.40. The summed E-state index contributed by atoms with van der Waals surface area (Å²) in [7, 11) is -1.40. The molecule has 6 N–H and O–H groups in total. The highest BCUT2D eigenvalue weighted by atomic mass is 19.1. The molecule has 2 aliphatic carbocycles. The number of carboxylic acids is 1. The maximum atomic E-state index is 13.3. The normalized spacial score (nSPS) is 21.8. The number of hydrogen-bond donors (Lipinski definition) is 5. The van der Waals surface area contributed by atoms with E-state index in [1.165, 1.54) is 37.8 Å². The largest absolute Gasteiger partial charge is 0.505 e. The lowest BCUT2D eigenvalue weighted by atomic mass is 9.80. The molecule has 1 saturated carbocycles. The van der Waals surface area contributed by atoms with E-state index in [2.05, 4.69) is 0 Å². The van der Waals surface area contributed by atoms with Crippen molar-refractivity contribution in [2.24, 2.45) is 11.7 Å². The number of halogens is 1. The molecule has 1 aromatic carbocycles. The Kier molecular flexibility index (Phi) is 7.43. The second kappa shape index (κ2) is 9.34. The molecular formula is C18H27BFNO5. The van der Waals surface area contributed by atoms with Gasteiger partial charge in [-0.15, -0.1) is 0 Å². The van der Waals surface area contributed by atoms with Gasteiger partial charge in [0.1, 0.15) is 0 Å². The van der Waals surface area contributed by atoms with E-state index in [1.54, 1.807) is 0 Å². The van der Waals surface area contributed by atoms with Gasteiger partial charge >= 0.3 is 13.1 Å². The molecule has 0 aliphatic heterocycles. The third-order valence-electron chi connectivity index (χ3n) is 5.20. The molecule has 6 nitrogen and oxygen atoms in total. The second-order valence-electron chi connectivity index (χ2n) is 7.24. The zero-order valence-electron chi connectivity index (χ0n) is 14.8. The molecule has 3 rings (SSSR count). The van der Waals surface area contributed by atoms with Gasteiger partial charge in [0.15, 0.2) is 11.6 Å². The molecule has 0 saturated heterocycles. The highest BCUT2D eigenvalue weighted by molar-refractivity contribution is 6.40. The van der Waals surface area contributed by atoms with E-state index in [0.717, 1.165) is 0 Å². The smallest absolute Gasteiger partial charge is 0.451 e. The number of aromatic hydroxyl groups is 1. The summed E-state index contributed by atoms with van der Waals surface area (Å²) in [6.07, 6.45) is 6.84. The number of nitrogens with two attached hydrogens (primary N) is 1. The number of aliphatic carboxylic acids is 1. The van der Waals surface area contributed by atoms with Crippen LogP contribution >= 0.6 is 0 Å². The fraction of sp³-hybridized carbons (Fsp3) is 0.611. The van der Waals surface area contributed by atoms with Crippen molar-refractivity contribution in [3.8, 4) is 5.75 Å². The molecule has 1 aromatic rings. The van der Waals surface area contributed by atoms with E-state index in [9.17, 15) is 19.4 Å². The molecular weight excluding hydrogens is 340 g/mol. The van der Waals surface area contributed by atoms with Crippen LogP contribution in [0.4, 0.5) is 4.39 Å². The van der Waals surface area contributed by atoms with Gasteiger partial charge in [-0.3, -0.25) is 4.79 Å². The van der Waals surface area contributed by atoms with Crippen LogP contribution in [0.1, 0.15) is 55.6 Å². The number of carboxylic acid groups (broad SMARTS) is 1. The van der Waals surface area contributed by atoms with Crippen LogP contribution in [0.5, 0.6) is 5.75 Å².